The molecule has 0 aliphatic rings. The molecule has 1 N–H and O–H groups in total. The largest absolute Gasteiger partial charge is 0.354 e. The van der Waals surface area contributed by atoms with E-state index in [1.54, 1.807) is 49.4 Å². The van der Waals surface area contributed by atoms with Crippen molar-refractivity contribution in [1.29, 1.82) is 0 Å². The standard InChI is InChI=1S/C28H31ClN4O6S/c1-20(2)17-30-28(35)21(3)31(18-22-8-7-9-23(29)16-22)27(34)19-32(24-12-14-25(15-13-24)33(36)37)40(38,39)26-10-5-4-6-11-26/h4-16,20-21H,17-19H2,1-3H3,(H,30,35)/t21-/m1/s1. The van der Waals surface area contributed by atoms with Gasteiger partial charge in [0.25, 0.3) is 15.7 Å². The fraction of sp³-hybridized carbons (Fsp3) is 0.286. The van der Waals surface area contributed by atoms with Gasteiger partial charge in [0.2, 0.25) is 11.8 Å². The SMILES string of the molecule is CC(C)CNC(=O)[C@@H](C)N(Cc1cccc(Cl)c1)C(=O)CN(c1ccc([N+](=O)[O-])cc1)S(=O)(=O)c1ccccc1. The van der Waals surface area contributed by atoms with Gasteiger partial charge in [-0.2, -0.15) is 0 Å². The summed E-state index contributed by atoms with van der Waals surface area (Å²) in [6.45, 7) is 5.19. The van der Waals surface area contributed by atoms with Crippen molar-refractivity contribution >= 4 is 44.8 Å². The summed E-state index contributed by atoms with van der Waals surface area (Å²) in [4.78, 5) is 38.6. The van der Waals surface area contributed by atoms with Crippen LogP contribution in [0.2, 0.25) is 5.02 Å². The molecule has 3 aromatic carbocycles. The topological polar surface area (TPSA) is 130 Å². The van der Waals surface area contributed by atoms with Crippen LogP contribution in [-0.4, -0.2) is 49.2 Å². The minimum atomic E-state index is -4.27. The number of rotatable bonds is 12. The molecule has 0 saturated heterocycles. The van der Waals surface area contributed by atoms with Crippen LogP contribution in [0.4, 0.5) is 11.4 Å². The summed E-state index contributed by atoms with van der Waals surface area (Å²) in [5, 5.41) is 14.4. The van der Waals surface area contributed by atoms with Gasteiger partial charge in [-0.25, -0.2) is 8.42 Å². The molecule has 12 heteroatoms. The number of hydrogen-bond acceptors (Lipinski definition) is 6. The molecule has 0 aliphatic heterocycles. The lowest BCUT2D eigenvalue weighted by atomic mass is 10.1. The van der Waals surface area contributed by atoms with E-state index >= 15 is 0 Å². The van der Waals surface area contributed by atoms with Gasteiger partial charge in [0.15, 0.2) is 0 Å². The zero-order valence-corrected chi connectivity index (χ0v) is 23.9. The molecular weight excluding hydrogens is 556 g/mol. The predicted molar refractivity (Wildman–Crippen MR) is 153 cm³/mol. The van der Waals surface area contributed by atoms with E-state index < -0.39 is 39.3 Å². The minimum absolute atomic E-state index is 0.00482. The van der Waals surface area contributed by atoms with Crippen molar-refractivity contribution in [2.24, 2.45) is 5.92 Å². The van der Waals surface area contributed by atoms with Crippen molar-refractivity contribution < 1.29 is 22.9 Å². The molecule has 0 bridgehead atoms. The van der Waals surface area contributed by atoms with Crippen molar-refractivity contribution in [3.05, 3.63) is 99.6 Å². The van der Waals surface area contributed by atoms with Crippen molar-refractivity contribution in [2.75, 3.05) is 17.4 Å². The van der Waals surface area contributed by atoms with Crippen LogP contribution in [0.25, 0.3) is 0 Å². The molecule has 3 rings (SSSR count). The lowest BCUT2D eigenvalue weighted by molar-refractivity contribution is -0.384. The van der Waals surface area contributed by atoms with Crippen molar-refractivity contribution in [3.8, 4) is 0 Å². The molecule has 10 nitrogen and oxygen atoms in total. The number of amides is 2. The number of hydrogen-bond donors (Lipinski definition) is 1. The first kappa shape index (κ1) is 30.6. The second kappa shape index (κ2) is 13.4. The number of halogens is 1. The van der Waals surface area contributed by atoms with Gasteiger partial charge in [0.1, 0.15) is 12.6 Å². The summed E-state index contributed by atoms with van der Waals surface area (Å²) in [6, 6.07) is 18.3. The number of anilines is 1. The first-order chi connectivity index (χ1) is 18.9. The van der Waals surface area contributed by atoms with E-state index in [1.165, 1.54) is 41.3 Å². The van der Waals surface area contributed by atoms with Crippen LogP contribution < -0.4 is 9.62 Å². The zero-order chi connectivity index (χ0) is 29.4. The normalized spacial score (nSPS) is 12.0. The highest BCUT2D eigenvalue weighted by Crippen LogP contribution is 2.26. The van der Waals surface area contributed by atoms with Crippen LogP contribution in [0.3, 0.4) is 0 Å². The molecule has 2 amide bonds. The Kier molecular flexibility index (Phi) is 10.2. The highest BCUT2D eigenvalue weighted by atomic mass is 35.5. The average molecular weight is 587 g/mol. The number of benzene rings is 3. The first-order valence-electron chi connectivity index (χ1n) is 12.5. The number of nitrogens with one attached hydrogen (secondary N) is 1. The Morgan fingerprint density at radius 3 is 2.20 bits per heavy atom. The maximum Gasteiger partial charge on any atom is 0.269 e. The lowest BCUT2D eigenvalue weighted by Gasteiger charge is -2.32. The number of carbonyl (C=O) groups is 2. The van der Waals surface area contributed by atoms with Crippen LogP contribution in [0.15, 0.2) is 83.8 Å². The number of carbonyl (C=O) groups excluding carboxylic acids is 2. The molecule has 0 spiro atoms. The fourth-order valence-electron chi connectivity index (χ4n) is 3.86. The molecule has 0 radical (unpaired) electrons. The van der Waals surface area contributed by atoms with Crippen LogP contribution >= 0.6 is 11.6 Å². The molecule has 0 aliphatic carbocycles. The van der Waals surface area contributed by atoms with Gasteiger partial charge in [0.05, 0.1) is 15.5 Å². The van der Waals surface area contributed by atoms with Crippen molar-refractivity contribution in [3.63, 3.8) is 0 Å². The Labute approximate surface area is 238 Å². The van der Waals surface area contributed by atoms with E-state index in [0.717, 1.165) is 4.31 Å². The highest BCUT2D eigenvalue weighted by Gasteiger charge is 2.32. The fourth-order valence-corrected chi connectivity index (χ4v) is 5.50. The lowest BCUT2D eigenvalue weighted by Crippen LogP contribution is -2.51. The van der Waals surface area contributed by atoms with Crippen LogP contribution in [0.5, 0.6) is 0 Å². The zero-order valence-electron chi connectivity index (χ0n) is 22.4. The predicted octanol–water partition coefficient (Wildman–Crippen LogP) is 4.63. The Morgan fingerprint density at radius 2 is 1.62 bits per heavy atom. The van der Waals surface area contributed by atoms with Crippen molar-refractivity contribution in [1.82, 2.24) is 10.2 Å². The van der Waals surface area contributed by atoms with Gasteiger partial charge in [-0.3, -0.25) is 24.0 Å². The Bertz CT molecular complexity index is 1450. The van der Waals surface area contributed by atoms with Crippen LogP contribution in [0, 0.1) is 16.0 Å². The third kappa shape index (κ3) is 7.80. The Hall–Kier alpha value is -3.96. The number of nitrogens with zero attached hydrogens (tertiary/aromatic N) is 3. The summed E-state index contributed by atoms with van der Waals surface area (Å²) < 4.78 is 28.3. The highest BCUT2D eigenvalue weighted by molar-refractivity contribution is 7.92. The molecule has 0 aromatic heterocycles. The molecule has 1 atom stereocenters. The van der Waals surface area contributed by atoms with Gasteiger partial charge in [-0.05, 0) is 54.8 Å². The van der Waals surface area contributed by atoms with E-state index in [4.69, 9.17) is 11.6 Å². The summed E-state index contributed by atoms with van der Waals surface area (Å²) in [7, 11) is -4.27. The number of sulfonamides is 1. The first-order valence-corrected chi connectivity index (χ1v) is 14.4. The summed E-state index contributed by atoms with van der Waals surface area (Å²) in [5.41, 5.74) is 0.477. The van der Waals surface area contributed by atoms with Crippen molar-refractivity contribution in [2.45, 2.75) is 38.3 Å². The van der Waals surface area contributed by atoms with E-state index in [1.807, 2.05) is 13.8 Å². The minimum Gasteiger partial charge on any atom is -0.354 e. The van der Waals surface area contributed by atoms with E-state index in [-0.39, 0.29) is 28.7 Å². The summed E-state index contributed by atoms with van der Waals surface area (Å²) in [6.07, 6.45) is 0. The van der Waals surface area contributed by atoms with E-state index in [9.17, 15) is 28.1 Å². The quantitative estimate of drug-likeness (QED) is 0.243. The van der Waals surface area contributed by atoms with Crippen LogP contribution in [-0.2, 0) is 26.2 Å². The Morgan fingerprint density at radius 1 is 0.975 bits per heavy atom. The third-order valence-electron chi connectivity index (χ3n) is 6.05. The van der Waals surface area contributed by atoms with Gasteiger partial charge >= 0.3 is 0 Å². The maximum atomic E-state index is 13.9. The van der Waals surface area contributed by atoms with E-state index in [0.29, 0.717) is 17.1 Å². The van der Waals surface area contributed by atoms with Gasteiger partial charge in [-0.15, -0.1) is 0 Å². The number of nitro benzene ring substituents is 1. The Balaban J connectivity index is 2.02. The summed E-state index contributed by atoms with van der Waals surface area (Å²) >= 11 is 6.14. The van der Waals surface area contributed by atoms with E-state index in [2.05, 4.69) is 5.32 Å². The van der Waals surface area contributed by atoms with Gasteiger partial charge in [-0.1, -0.05) is 55.8 Å². The molecule has 40 heavy (non-hydrogen) atoms. The third-order valence-corrected chi connectivity index (χ3v) is 8.08. The smallest absolute Gasteiger partial charge is 0.269 e. The number of nitro groups is 1. The molecule has 212 valence electrons. The van der Waals surface area contributed by atoms with Gasteiger partial charge in [0, 0.05) is 30.2 Å². The maximum absolute atomic E-state index is 13.9. The summed E-state index contributed by atoms with van der Waals surface area (Å²) in [5.74, 6) is -0.858. The van der Waals surface area contributed by atoms with Gasteiger partial charge < -0.3 is 10.2 Å². The second-order valence-corrected chi connectivity index (χ2v) is 11.9. The molecule has 0 heterocycles. The monoisotopic (exact) mass is 586 g/mol. The average Bonchev–Trinajstić information content (AvgIpc) is 2.93. The molecular formula is C28H31ClN4O6S. The number of non-ortho nitro benzene ring substituents is 1. The molecule has 0 fully saturated rings. The molecule has 0 saturated carbocycles. The van der Waals surface area contributed by atoms with Crippen LogP contribution in [0.1, 0.15) is 26.3 Å². The second-order valence-electron chi connectivity index (χ2n) is 9.56. The molecule has 0 unspecified atom stereocenters. The molecule has 3 aromatic rings.